The molecule has 0 aliphatic heterocycles. The molecule has 3 unspecified atom stereocenters. The number of rotatable bonds is 4. The minimum absolute atomic E-state index is 0.00805. The third kappa shape index (κ3) is 1.99. The van der Waals surface area contributed by atoms with E-state index in [4.69, 9.17) is 0 Å². The molecule has 3 nitrogen and oxygen atoms in total. The van der Waals surface area contributed by atoms with Crippen molar-refractivity contribution in [2.45, 2.75) is 51.6 Å². The van der Waals surface area contributed by atoms with E-state index in [2.05, 4.69) is 28.7 Å². The lowest BCUT2D eigenvalue weighted by Crippen LogP contribution is -2.36. The van der Waals surface area contributed by atoms with Crippen LogP contribution in [-0.2, 0) is 12.1 Å². The van der Waals surface area contributed by atoms with Gasteiger partial charge in [-0.1, -0.05) is 6.42 Å². The van der Waals surface area contributed by atoms with Crippen LogP contribution in [0, 0.1) is 17.8 Å². The van der Waals surface area contributed by atoms with Gasteiger partial charge in [0.25, 0.3) is 0 Å². The lowest BCUT2D eigenvalue weighted by molar-refractivity contribution is 0.284. The molecule has 2 bridgehead atoms. The van der Waals surface area contributed by atoms with Crippen LogP contribution in [0.4, 0.5) is 0 Å². The number of aromatic nitrogens is 2. The lowest BCUT2D eigenvalue weighted by atomic mass is 9.88. The Kier molecular flexibility index (Phi) is 2.97. The zero-order valence-corrected chi connectivity index (χ0v) is 11.8. The summed E-state index contributed by atoms with van der Waals surface area (Å²) in [5.41, 5.74) is 1.32. The summed E-state index contributed by atoms with van der Waals surface area (Å²) >= 11 is 0. The smallest absolute Gasteiger partial charge is 0.0948 e. The van der Waals surface area contributed by atoms with Gasteiger partial charge >= 0.3 is 0 Å². The summed E-state index contributed by atoms with van der Waals surface area (Å²) in [5, 5.41) is 3.38. The zero-order chi connectivity index (χ0) is 12.8. The fourth-order valence-electron chi connectivity index (χ4n) is 3.97. The summed E-state index contributed by atoms with van der Waals surface area (Å²) in [6.45, 7) is 5.62. The molecule has 1 aromatic heterocycles. The van der Waals surface area contributed by atoms with Gasteiger partial charge in [-0.25, -0.2) is 4.98 Å². The van der Waals surface area contributed by atoms with Gasteiger partial charge in [0.2, 0.25) is 0 Å². The molecule has 0 saturated heterocycles. The van der Waals surface area contributed by atoms with Crippen LogP contribution >= 0.6 is 0 Å². The molecule has 100 valence electrons. The number of imidazole rings is 1. The van der Waals surface area contributed by atoms with Crippen molar-refractivity contribution < 1.29 is 0 Å². The maximum absolute atomic E-state index is 4.36. The quantitative estimate of drug-likeness (QED) is 0.886. The van der Waals surface area contributed by atoms with Crippen LogP contribution in [-0.4, -0.2) is 16.6 Å². The maximum atomic E-state index is 4.36. The Labute approximate surface area is 110 Å². The molecule has 2 fully saturated rings. The maximum Gasteiger partial charge on any atom is 0.0948 e. The highest BCUT2D eigenvalue weighted by atomic mass is 15.1. The number of hydrogen-bond donors (Lipinski definition) is 1. The molecule has 0 radical (unpaired) electrons. The van der Waals surface area contributed by atoms with Gasteiger partial charge in [-0.2, -0.15) is 0 Å². The topological polar surface area (TPSA) is 29.9 Å². The first kappa shape index (κ1) is 12.2. The molecule has 1 N–H and O–H groups in total. The third-order valence-electron chi connectivity index (χ3n) is 5.29. The van der Waals surface area contributed by atoms with Gasteiger partial charge in [-0.05, 0) is 57.9 Å². The average Bonchev–Trinajstić information content (AvgIpc) is 3.04. The summed E-state index contributed by atoms with van der Waals surface area (Å²) in [6, 6.07) is 0. The first-order chi connectivity index (χ1) is 8.60. The predicted molar refractivity (Wildman–Crippen MR) is 73.3 cm³/mol. The summed E-state index contributed by atoms with van der Waals surface area (Å²) in [6.07, 6.45) is 9.92. The van der Waals surface area contributed by atoms with Gasteiger partial charge < -0.3 is 9.88 Å². The minimum Gasteiger partial charge on any atom is -0.333 e. The SMILES string of the molecule is CNC(C)(C)c1cncn1CC1CC2CCC1C2. The van der Waals surface area contributed by atoms with Crippen molar-refractivity contribution in [1.82, 2.24) is 14.9 Å². The largest absolute Gasteiger partial charge is 0.333 e. The summed E-state index contributed by atoms with van der Waals surface area (Å²) in [5.74, 6) is 2.91. The van der Waals surface area contributed by atoms with Gasteiger partial charge in [0.05, 0.1) is 17.6 Å². The molecule has 2 saturated carbocycles. The molecular weight excluding hydrogens is 222 g/mol. The molecule has 3 atom stereocenters. The van der Waals surface area contributed by atoms with Crippen LogP contribution in [0.1, 0.15) is 45.2 Å². The van der Waals surface area contributed by atoms with Crippen molar-refractivity contribution in [3.8, 4) is 0 Å². The molecule has 3 heteroatoms. The van der Waals surface area contributed by atoms with Crippen molar-refractivity contribution in [2.24, 2.45) is 17.8 Å². The number of nitrogens with zero attached hydrogens (tertiary/aromatic N) is 2. The van der Waals surface area contributed by atoms with Crippen LogP contribution in [0.25, 0.3) is 0 Å². The van der Waals surface area contributed by atoms with E-state index >= 15 is 0 Å². The molecule has 18 heavy (non-hydrogen) atoms. The molecule has 2 aliphatic carbocycles. The van der Waals surface area contributed by atoms with Gasteiger partial charge in [0.15, 0.2) is 0 Å². The van der Waals surface area contributed by atoms with E-state index in [1.54, 1.807) is 0 Å². The second-order valence-electron chi connectivity index (χ2n) is 6.74. The average molecular weight is 247 g/mol. The zero-order valence-electron chi connectivity index (χ0n) is 11.8. The van der Waals surface area contributed by atoms with Crippen LogP contribution in [0.5, 0.6) is 0 Å². The van der Waals surface area contributed by atoms with E-state index in [1.165, 1.54) is 37.9 Å². The molecule has 3 rings (SSSR count). The Morgan fingerprint density at radius 2 is 2.22 bits per heavy atom. The van der Waals surface area contributed by atoms with Crippen LogP contribution < -0.4 is 5.32 Å². The number of nitrogens with one attached hydrogen (secondary N) is 1. The number of hydrogen-bond acceptors (Lipinski definition) is 2. The molecule has 1 aromatic rings. The van der Waals surface area contributed by atoms with Crippen molar-refractivity contribution in [3.63, 3.8) is 0 Å². The van der Waals surface area contributed by atoms with Gasteiger partial charge in [0.1, 0.15) is 0 Å². The Hall–Kier alpha value is -0.830. The van der Waals surface area contributed by atoms with Crippen LogP contribution in [0.2, 0.25) is 0 Å². The Bertz CT molecular complexity index is 421. The summed E-state index contributed by atoms with van der Waals surface area (Å²) in [7, 11) is 2.02. The van der Waals surface area contributed by atoms with E-state index in [-0.39, 0.29) is 5.54 Å². The highest BCUT2D eigenvalue weighted by Crippen LogP contribution is 2.49. The van der Waals surface area contributed by atoms with Gasteiger partial charge in [-0.3, -0.25) is 0 Å². The second kappa shape index (κ2) is 4.37. The van der Waals surface area contributed by atoms with Gasteiger partial charge in [0, 0.05) is 12.7 Å². The Balaban J connectivity index is 1.76. The minimum atomic E-state index is 0.00805. The normalized spacial score (nSPS) is 31.2. The first-order valence-corrected chi connectivity index (χ1v) is 7.29. The van der Waals surface area contributed by atoms with E-state index in [9.17, 15) is 0 Å². The van der Waals surface area contributed by atoms with Crippen molar-refractivity contribution in [1.29, 1.82) is 0 Å². The van der Waals surface area contributed by atoms with E-state index < -0.39 is 0 Å². The van der Waals surface area contributed by atoms with Crippen molar-refractivity contribution in [2.75, 3.05) is 7.05 Å². The molecular formula is C15H25N3. The first-order valence-electron chi connectivity index (χ1n) is 7.29. The highest BCUT2D eigenvalue weighted by Gasteiger charge is 2.39. The van der Waals surface area contributed by atoms with E-state index in [1.807, 2.05) is 19.6 Å². The Morgan fingerprint density at radius 1 is 1.39 bits per heavy atom. The van der Waals surface area contributed by atoms with E-state index in [0.717, 1.165) is 17.8 Å². The van der Waals surface area contributed by atoms with Crippen LogP contribution in [0.3, 0.4) is 0 Å². The predicted octanol–water partition coefficient (Wildman–Crippen LogP) is 2.77. The molecule has 0 amide bonds. The standard InChI is InChI=1S/C15H25N3/c1-15(2,16-3)14-8-17-10-18(14)9-13-7-11-4-5-12(13)6-11/h8,10-13,16H,4-7,9H2,1-3H3. The lowest BCUT2D eigenvalue weighted by Gasteiger charge is -2.28. The summed E-state index contributed by atoms with van der Waals surface area (Å²) in [4.78, 5) is 4.36. The van der Waals surface area contributed by atoms with Crippen molar-refractivity contribution >= 4 is 0 Å². The summed E-state index contributed by atoms with van der Waals surface area (Å²) < 4.78 is 2.38. The van der Waals surface area contributed by atoms with E-state index in [0.29, 0.717) is 0 Å². The van der Waals surface area contributed by atoms with Gasteiger partial charge in [-0.15, -0.1) is 0 Å². The molecule has 0 aromatic carbocycles. The monoisotopic (exact) mass is 247 g/mol. The fraction of sp³-hybridized carbons (Fsp3) is 0.800. The van der Waals surface area contributed by atoms with Crippen molar-refractivity contribution in [3.05, 3.63) is 18.2 Å². The fourth-order valence-corrected chi connectivity index (χ4v) is 3.97. The molecule has 2 aliphatic rings. The third-order valence-corrected chi connectivity index (χ3v) is 5.29. The highest BCUT2D eigenvalue weighted by molar-refractivity contribution is 5.11. The molecule has 1 heterocycles. The molecule has 0 spiro atoms. The van der Waals surface area contributed by atoms with Crippen LogP contribution in [0.15, 0.2) is 12.5 Å². The number of fused-ring (bicyclic) bond motifs is 2. The second-order valence-corrected chi connectivity index (χ2v) is 6.74. The Morgan fingerprint density at radius 3 is 2.83 bits per heavy atom.